The molecule has 0 aliphatic rings. The third-order valence-electron chi connectivity index (χ3n) is 28.8. The molecular formula is C135H87N15. The van der Waals surface area contributed by atoms with Crippen molar-refractivity contribution in [3.05, 3.63) is 528 Å². The predicted molar refractivity (Wildman–Crippen MR) is 614 cm³/mol. The molecule has 18 aromatic carbocycles. The molecule has 30 rings (SSSR count). The van der Waals surface area contributed by atoms with Crippen molar-refractivity contribution in [2.45, 2.75) is 0 Å². The minimum absolute atomic E-state index is 0.611. The number of benzene rings is 18. The van der Waals surface area contributed by atoms with E-state index >= 15 is 0 Å². The molecular weight excluding hydrogens is 1830 g/mol. The van der Waals surface area contributed by atoms with Crippen LogP contribution in [0.5, 0.6) is 0 Å². The second-order valence-electron chi connectivity index (χ2n) is 37.6. The maximum Gasteiger partial charge on any atom is 0.235 e. The Morgan fingerprint density at radius 2 is 0.447 bits per heavy atom. The van der Waals surface area contributed by atoms with Crippen molar-refractivity contribution in [2.75, 3.05) is 0 Å². The Hall–Kier alpha value is -20.6. The lowest BCUT2D eigenvalue weighted by atomic mass is 10.0. The van der Waals surface area contributed by atoms with Gasteiger partial charge in [-0.1, -0.05) is 346 Å². The van der Waals surface area contributed by atoms with Crippen molar-refractivity contribution in [1.82, 2.24) is 72.3 Å². The molecule has 12 heterocycles. The maximum absolute atomic E-state index is 5.17. The van der Waals surface area contributed by atoms with Crippen molar-refractivity contribution in [2.24, 2.45) is 0 Å². The summed E-state index contributed by atoms with van der Waals surface area (Å²) in [6.07, 6.45) is 7.55. The molecule has 0 atom stereocenters. The highest BCUT2D eigenvalue weighted by molar-refractivity contribution is 6.16. The van der Waals surface area contributed by atoms with E-state index in [1.165, 1.54) is 65.4 Å². The lowest BCUT2D eigenvalue weighted by Crippen LogP contribution is -2.04. The number of fused-ring (bicyclic) bond motifs is 18. The van der Waals surface area contributed by atoms with Crippen LogP contribution in [0.2, 0.25) is 0 Å². The van der Waals surface area contributed by atoms with E-state index in [-0.39, 0.29) is 0 Å². The lowest BCUT2D eigenvalue weighted by Gasteiger charge is -2.14. The number of nitrogens with zero attached hydrogens (tertiary/aromatic N) is 15. The summed E-state index contributed by atoms with van der Waals surface area (Å²) in [6.45, 7) is 0. The van der Waals surface area contributed by atoms with Crippen molar-refractivity contribution in [3.8, 4) is 136 Å². The first-order valence-corrected chi connectivity index (χ1v) is 50.4. The number of hydrogen-bond donors (Lipinski definition) is 0. The van der Waals surface area contributed by atoms with E-state index in [0.29, 0.717) is 17.6 Å². The van der Waals surface area contributed by atoms with E-state index in [0.717, 1.165) is 184 Å². The van der Waals surface area contributed by atoms with Crippen molar-refractivity contribution in [3.63, 3.8) is 0 Å². The third-order valence-corrected chi connectivity index (χ3v) is 28.8. The first-order valence-electron chi connectivity index (χ1n) is 50.4. The van der Waals surface area contributed by atoms with Gasteiger partial charge in [0, 0.05) is 124 Å². The summed E-state index contributed by atoms with van der Waals surface area (Å²) in [5, 5.41) is 10.6. The first-order chi connectivity index (χ1) is 74.4. The van der Waals surface area contributed by atoms with Gasteiger partial charge >= 0.3 is 0 Å². The Kier molecular flexibility index (Phi) is 21.5. The van der Waals surface area contributed by atoms with Crippen LogP contribution in [0.25, 0.3) is 267 Å². The molecule has 0 amide bonds. The number of para-hydroxylation sites is 6. The Bertz CT molecular complexity index is 9940. The van der Waals surface area contributed by atoms with E-state index in [2.05, 4.69) is 404 Å². The summed E-state index contributed by atoms with van der Waals surface area (Å²) in [5.74, 6) is 2.78. The van der Waals surface area contributed by atoms with Gasteiger partial charge in [0.2, 0.25) is 5.95 Å². The van der Waals surface area contributed by atoms with Crippen LogP contribution in [0.3, 0.4) is 0 Å². The van der Waals surface area contributed by atoms with Gasteiger partial charge in [-0.05, 0) is 185 Å². The van der Waals surface area contributed by atoms with Crippen LogP contribution in [-0.2, 0) is 0 Å². The van der Waals surface area contributed by atoms with Gasteiger partial charge in [-0.2, -0.15) is 0 Å². The topological polar surface area (TPSA) is 146 Å². The minimum atomic E-state index is 0.611. The van der Waals surface area contributed by atoms with E-state index in [1.54, 1.807) is 0 Å². The normalized spacial score (nSPS) is 11.6. The summed E-state index contributed by atoms with van der Waals surface area (Å²) in [7, 11) is 0. The van der Waals surface area contributed by atoms with E-state index in [1.807, 2.05) is 152 Å². The molecule has 150 heavy (non-hydrogen) atoms. The van der Waals surface area contributed by atoms with Gasteiger partial charge in [0.25, 0.3) is 0 Å². The molecule has 0 radical (unpaired) electrons. The van der Waals surface area contributed by atoms with E-state index in [9.17, 15) is 0 Å². The van der Waals surface area contributed by atoms with Crippen LogP contribution in [0.15, 0.2) is 528 Å². The highest BCUT2D eigenvalue weighted by Crippen LogP contribution is 2.46. The second-order valence-corrected chi connectivity index (χ2v) is 37.6. The standard InChI is InChI=1S/3C45H29N5/c1-4-13-30(14-5-1)38-29-39(31-15-6-2-7-16-31)48-45(47-38)50-41-25-23-32(27-37(41)44-42(50)21-12-26-46-44)33-22-24-36-35-19-10-11-20-40(35)49(43(36)28-33)34-17-8-3-9-18-34;1-4-13-30(14-5-1)38-29-43(48-45(47-38)31-15-6-2-7-16-31)50-40-25-23-32(27-37(40)44-41(50)21-12-26-46-44)33-22-24-36-35-19-10-11-20-39(35)49(42(36)28-33)34-17-8-3-9-18-34;1-4-13-30(14-5-1)43-42(29-47-45(48-43)31-15-6-2-7-16-31)50-39-25-23-32(27-37(39)44-40(50)21-12-26-46-44)33-22-24-36-35-19-10-11-20-38(35)49(41(36)28-33)34-17-8-3-9-18-34/h3*1-29H. The van der Waals surface area contributed by atoms with Crippen LogP contribution in [0.4, 0.5) is 0 Å². The second kappa shape index (κ2) is 37.0. The fourth-order valence-electron chi connectivity index (χ4n) is 21.9. The summed E-state index contributed by atoms with van der Waals surface area (Å²) < 4.78 is 13.7. The van der Waals surface area contributed by atoms with Crippen LogP contribution in [-0.4, -0.2) is 72.3 Å². The summed E-state index contributed by atoms with van der Waals surface area (Å²) in [4.78, 5) is 45.3. The van der Waals surface area contributed by atoms with Gasteiger partial charge in [0.05, 0.1) is 117 Å². The number of pyridine rings is 3. The molecule has 30 aromatic rings. The van der Waals surface area contributed by atoms with Gasteiger partial charge in [0.1, 0.15) is 5.82 Å². The average molecular weight is 1920 g/mol. The molecule has 0 spiro atoms. The van der Waals surface area contributed by atoms with Crippen LogP contribution < -0.4 is 0 Å². The van der Waals surface area contributed by atoms with E-state index in [4.69, 9.17) is 44.9 Å². The van der Waals surface area contributed by atoms with Crippen molar-refractivity contribution >= 4 is 131 Å². The van der Waals surface area contributed by atoms with Crippen LogP contribution in [0.1, 0.15) is 0 Å². The minimum Gasteiger partial charge on any atom is -0.309 e. The molecule has 0 aliphatic heterocycles. The summed E-state index contributed by atoms with van der Waals surface area (Å²) in [6, 6.07) is 176. The Balaban J connectivity index is 0.000000108. The number of hydrogen-bond acceptors (Lipinski definition) is 9. The Labute approximate surface area is 861 Å². The smallest absolute Gasteiger partial charge is 0.235 e. The number of aromatic nitrogens is 15. The first kappa shape index (κ1) is 87.3. The lowest BCUT2D eigenvalue weighted by molar-refractivity contribution is 0.994. The molecule has 0 N–H and O–H groups in total. The summed E-state index contributed by atoms with van der Waals surface area (Å²) >= 11 is 0. The van der Waals surface area contributed by atoms with Crippen LogP contribution in [0, 0.1) is 0 Å². The predicted octanol–water partition coefficient (Wildman–Crippen LogP) is 33.2. The largest absolute Gasteiger partial charge is 0.309 e. The zero-order valence-corrected chi connectivity index (χ0v) is 80.9. The fourth-order valence-corrected chi connectivity index (χ4v) is 21.9. The van der Waals surface area contributed by atoms with Crippen LogP contribution >= 0.6 is 0 Å². The van der Waals surface area contributed by atoms with Gasteiger partial charge in [0.15, 0.2) is 11.6 Å². The number of rotatable bonds is 15. The molecule has 0 bridgehead atoms. The van der Waals surface area contributed by atoms with E-state index < -0.39 is 0 Å². The maximum atomic E-state index is 5.17. The SMILES string of the molecule is c1ccc(-c2cc(-c3ccccc3)nc(-n3c4ccc(-c5ccc6c7ccccc7n(-c7ccccc7)c6c5)cc4c4ncccc43)n2)cc1.c1ccc(-c2cc(-n3c4ccc(-c5ccc6c7ccccc7n(-c7ccccc7)c6c5)cc4c4ncccc43)nc(-c3ccccc3)n2)cc1.c1ccc(-c2ncc(-n3c4ccc(-c5ccc6c7ccccc7n(-c7ccccc7)c6c5)cc4c4ncccc43)c(-c3ccccc3)n2)cc1. The molecule has 0 saturated heterocycles. The Morgan fingerprint density at radius 1 is 0.153 bits per heavy atom. The third kappa shape index (κ3) is 15.3. The zero-order chi connectivity index (χ0) is 99.1. The van der Waals surface area contributed by atoms with Crippen molar-refractivity contribution < 1.29 is 0 Å². The van der Waals surface area contributed by atoms with Gasteiger partial charge < -0.3 is 18.3 Å². The molecule has 12 aromatic heterocycles. The Morgan fingerprint density at radius 3 is 0.847 bits per heavy atom. The molecule has 0 aliphatic carbocycles. The fraction of sp³-hybridized carbons (Fsp3) is 0. The quantitative estimate of drug-likeness (QED) is 0.0979. The van der Waals surface area contributed by atoms with Crippen molar-refractivity contribution in [1.29, 1.82) is 0 Å². The molecule has 15 heteroatoms. The molecule has 0 fully saturated rings. The molecule has 15 nitrogen and oxygen atoms in total. The highest BCUT2D eigenvalue weighted by Gasteiger charge is 2.27. The van der Waals surface area contributed by atoms with Gasteiger partial charge in [-0.15, -0.1) is 0 Å². The molecule has 0 saturated carbocycles. The summed E-state index contributed by atoms with van der Waals surface area (Å²) in [5.41, 5.74) is 36.7. The highest BCUT2D eigenvalue weighted by atomic mass is 15.2. The average Bonchev–Trinajstić information content (AvgIpc) is 1.58. The zero-order valence-electron chi connectivity index (χ0n) is 80.9. The molecule has 0 unspecified atom stereocenters. The monoisotopic (exact) mass is 1920 g/mol. The van der Waals surface area contributed by atoms with Gasteiger partial charge in [-0.3, -0.25) is 24.1 Å². The molecule has 702 valence electrons. The van der Waals surface area contributed by atoms with Gasteiger partial charge in [-0.25, -0.2) is 29.9 Å².